The fraction of sp³-hybridized carbons (Fsp3) is 0.250. The van der Waals surface area contributed by atoms with Gasteiger partial charge < -0.3 is 15.1 Å². The van der Waals surface area contributed by atoms with Crippen molar-refractivity contribution in [3.05, 3.63) is 24.2 Å². The number of carbonyl (C=O) groups is 2. The number of hydrogen-bond donors (Lipinski definition) is 4. The number of nitrogens with one attached hydrogen (secondary N) is 3. The number of nitrogens with two attached hydrogens (primary N) is 1. The number of rotatable bonds is 4. The summed E-state index contributed by atoms with van der Waals surface area (Å²) in [5.41, 5.74) is 1.89. The van der Waals surface area contributed by atoms with Crippen molar-refractivity contribution in [1.82, 2.24) is 16.1 Å². The quantitative estimate of drug-likeness (QED) is 0.293. The summed E-state index contributed by atoms with van der Waals surface area (Å²) in [5.74, 6) is 4.99. The minimum absolute atomic E-state index is 0.166. The van der Waals surface area contributed by atoms with Crippen LogP contribution in [0.2, 0.25) is 0 Å². The third kappa shape index (κ3) is 4.14. The molecule has 0 spiro atoms. The van der Waals surface area contributed by atoms with E-state index in [1.54, 1.807) is 12.1 Å². The molecule has 1 aromatic heterocycles. The van der Waals surface area contributed by atoms with Crippen LogP contribution in [0.15, 0.2) is 22.8 Å². The number of amides is 3. The van der Waals surface area contributed by atoms with Crippen LogP contribution in [0, 0.1) is 0 Å². The Bertz CT molecular complexity index is 323. The normalized spacial score (nSPS) is 9.40. The van der Waals surface area contributed by atoms with Gasteiger partial charge in [-0.2, -0.15) is 0 Å². The summed E-state index contributed by atoms with van der Waals surface area (Å²) in [7, 11) is 0. The van der Waals surface area contributed by atoms with Gasteiger partial charge in [-0.15, -0.1) is 0 Å². The predicted octanol–water partition coefficient (Wildman–Crippen LogP) is -0.931. The van der Waals surface area contributed by atoms with Gasteiger partial charge in [0.1, 0.15) is 5.76 Å². The highest BCUT2D eigenvalue weighted by molar-refractivity contribution is 5.83. The summed E-state index contributed by atoms with van der Waals surface area (Å²) in [6.45, 7) is 0.101. The van der Waals surface area contributed by atoms with E-state index in [2.05, 4.69) is 10.6 Å². The van der Waals surface area contributed by atoms with Crippen molar-refractivity contribution in [2.24, 2.45) is 5.84 Å². The monoisotopic (exact) mass is 212 g/mol. The lowest BCUT2D eigenvalue weighted by atomic mass is 10.4. The lowest BCUT2D eigenvalue weighted by molar-refractivity contribution is -0.120. The van der Waals surface area contributed by atoms with Crippen LogP contribution in [0.3, 0.4) is 0 Å². The largest absolute Gasteiger partial charge is 0.467 e. The van der Waals surface area contributed by atoms with Crippen molar-refractivity contribution in [1.29, 1.82) is 0 Å². The molecule has 0 radical (unpaired) electrons. The Morgan fingerprint density at radius 2 is 2.20 bits per heavy atom. The highest BCUT2D eigenvalue weighted by atomic mass is 16.3. The molecule has 1 heterocycles. The van der Waals surface area contributed by atoms with E-state index in [0.717, 1.165) is 0 Å². The second-order valence-corrected chi connectivity index (χ2v) is 2.68. The average molecular weight is 212 g/mol. The fourth-order valence-corrected chi connectivity index (χ4v) is 0.855. The van der Waals surface area contributed by atoms with Crippen molar-refractivity contribution < 1.29 is 14.0 Å². The fourth-order valence-electron chi connectivity index (χ4n) is 0.855. The third-order valence-corrected chi connectivity index (χ3v) is 1.57. The molecule has 1 rings (SSSR count). The maximum atomic E-state index is 11.1. The zero-order chi connectivity index (χ0) is 11.1. The van der Waals surface area contributed by atoms with E-state index in [-0.39, 0.29) is 13.1 Å². The van der Waals surface area contributed by atoms with Gasteiger partial charge in [0.25, 0.3) is 5.91 Å². The molecule has 7 nitrogen and oxygen atoms in total. The summed E-state index contributed by atoms with van der Waals surface area (Å²) in [6, 6.07) is 2.99. The molecule has 0 aliphatic heterocycles. The first kappa shape index (κ1) is 11.1. The third-order valence-electron chi connectivity index (χ3n) is 1.57. The van der Waals surface area contributed by atoms with Gasteiger partial charge in [0.05, 0.1) is 19.4 Å². The minimum atomic E-state index is -0.469. The molecule has 0 saturated carbocycles. The summed E-state index contributed by atoms with van der Waals surface area (Å²) < 4.78 is 4.99. The van der Waals surface area contributed by atoms with Crippen molar-refractivity contribution in [2.75, 3.05) is 6.54 Å². The molecule has 7 heteroatoms. The van der Waals surface area contributed by atoms with Crippen LogP contribution in [-0.4, -0.2) is 18.5 Å². The number of carbonyl (C=O) groups excluding carboxylic acids is 2. The lowest BCUT2D eigenvalue weighted by Gasteiger charge is -2.04. The van der Waals surface area contributed by atoms with Crippen molar-refractivity contribution in [2.45, 2.75) is 6.54 Å². The molecule has 0 unspecified atom stereocenters. The number of urea groups is 1. The second kappa shape index (κ2) is 5.66. The SMILES string of the molecule is NNC(=O)CNC(=O)NCc1ccco1. The smallest absolute Gasteiger partial charge is 0.315 e. The van der Waals surface area contributed by atoms with Crippen LogP contribution < -0.4 is 21.9 Å². The molecular weight excluding hydrogens is 200 g/mol. The molecular formula is C8H12N4O3. The van der Waals surface area contributed by atoms with Crippen LogP contribution >= 0.6 is 0 Å². The van der Waals surface area contributed by atoms with E-state index < -0.39 is 11.9 Å². The molecule has 0 aromatic carbocycles. The van der Waals surface area contributed by atoms with Gasteiger partial charge in [0, 0.05) is 0 Å². The number of hydrogen-bond acceptors (Lipinski definition) is 4. The molecule has 0 aliphatic rings. The Balaban J connectivity index is 2.16. The number of furan rings is 1. The first-order valence-electron chi connectivity index (χ1n) is 4.26. The Labute approximate surface area is 86.0 Å². The molecule has 0 aliphatic carbocycles. The van der Waals surface area contributed by atoms with Crippen molar-refractivity contribution in [3.8, 4) is 0 Å². The Morgan fingerprint density at radius 1 is 1.40 bits per heavy atom. The van der Waals surface area contributed by atoms with Crippen LogP contribution in [0.1, 0.15) is 5.76 Å². The maximum Gasteiger partial charge on any atom is 0.315 e. The maximum absolute atomic E-state index is 11.1. The highest BCUT2D eigenvalue weighted by Gasteiger charge is 2.03. The zero-order valence-electron chi connectivity index (χ0n) is 7.95. The molecule has 0 fully saturated rings. The zero-order valence-corrected chi connectivity index (χ0v) is 7.95. The van der Waals surface area contributed by atoms with Gasteiger partial charge in [-0.05, 0) is 12.1 Å². The summed E-state index contributed by atoms with van der Waals surface area (Å²) in [5, 5.41) is 4.81. The molecule has 0 saturated heterocycles. The van der Waals surface area contributed by atoms with E-state index >= 15 is 0 Å². The van der Waals surface area contributed by atoms with Gasteiger partial charge in [0.15, 0.2) is 0 Å². The molecule has 82 valence electrons. The van der Waals surface area contributed by atoms with E-state index in [4.69, 9.17) is 10.3 Å². The predicted molar refractivity (Wildman–Crippen MR) is 51.3 cm³/mol. The van der Waals surface area contributed by atoms with E-state index in [9.17, 15) is 9.59 Å². The Morgan fingerprint density at radius 3 is 2.80 bits per heavy atom. The van der Waals surface area contributed by atoms with Gasteiger partial charge >= 0.3 is 6.03 Å². The Kier molecular flexibility index (Phi) is 4.17. The van der Waals surface area contributed by atoms with Crippen LogP contribution in [0.25, 0.3) is 0 Å². The van der Waals surface area contributed by atoms with Crippen LogP contribution in [0.5, 0.6) is 0 Å². The van der Waals surface area contributed by atoms with Gasteiger partial charge in [0.2, 0.25) is 0 Å². The van der Waals surface area contributed by atoms with Crippen LogP contribution in [0.4, 0.5) is 4.79 Å². The molecule has 0 atom stereocenters. The molecule has 5 N–H and O–H groups in total. The summed E-state index contributed by atoms with van der Waals surface area (Å²) in [4.78, 5) is 21.7. The highest BCUT2D eigenvalue weighted by Crippen LogP contribution is 1.97. The van der Waals surface area contributed by atoms with Crippen molar-refractivity contribution >= 4 is 11.9 Å². The molecule has 3 amide bonds. The molecule has 0 bridgehead atoms. The molecule has 1 aromatic rings. The van der Waals surface area contributed by atoms with E-state index in [1.807, 2.05) is 5.43 Å². The van der Waals surface area contributed by atoms with Crippen molar-refractivity contribution in [3.63, 3.8) is 0 Å². The van der Waals surface area contributed by atoms with Gasteiger partial charge in [-0.1, -0.05) is 0 Å². The number of hydrazine groups is 1. The molecule has 15 heavy (non-hydrogen) atoms. The first-order chi connectivity index (χ1) is 7.22. The summed E-state index contributed by atoms with van der Waals surface area (Å²) >= 11 is 0. The average Bonchev–Trinajstić information content (AvgIpc) is 2.75. The Hall–Kier alpha value is -2.02. The van der Waals surface area contributed by atoms with E-state index in [0.29, 0.717) is 5.76 Å². The van der Waals surface area contributed by atoms with Gasteiger partial charge in [-0.3, -0.25) is 10.2 Å². The van der Waals surface area contributed by atoms with Gasteiger partial charge in [-0.25, -0.2) is 10.6 Å². The minimum Gasteiger partial charge on any atom is -0.467 e. The summed E-state index contributed by atoms with van der Waals surface area (Å²) in [6.07, 6.45) is 1.51. The first-order valence-corrected chi connectivity index (χ1v) is 4.26. The van der Waals surface area contributed by atoms with E-state index in [1.165, 1.54) is 6.26 Å². The lowest BCUT2D eigenvalue weighted by Crippen LogP contribution is -2.43. The van der Waals surface area contributed by atoms with Crippen LogP contribution in [-0.2, 0) is 11.3 Å². The second-order valence-electron chi connectivity index (χ2n) is 2.68. The standard InChI is InChI=1S/C8H12N4O3/c9-12-7(13)5-11-8(14)10-4-6-2-1-3-15-6/h1-3H,4-5,9H2,(H,12,13)(H2,10,11,14). The topological polar surface area (TPSA) is 109 Å².